The first kappa shape index (κ1) is 13.3. The van der Waals surface area contributed by atoms with Gasteiger partial charge in [0.05, 0.1) is 6.10 Å². The highest BCUT2D eigenvalue weighted by atomic mass is 32.2. The minimum atomic E-state index is -0.0689. The zero-order valence-corrected chi connectivity index (χ0v) is 10.1. The first-order valence-corrected chi connectivity index (χ1v) is 6.61. The van der Waals surface area contributed by atoms with E-state index in [1.165, 1.54) is 12.8 Å². The van der Waals surface area contributed by atoms with Gasteiger partial charge < -0.3 is 5.11 Å². The highest BCUT2D eigenvalue weighted by molar-refractivity contribution is 7.99. The lowest BCUT2D eigenvalue weighted by Gasteiger charge is -2.15. The Balaban J connectivity index is 3.32. The summed E-state index contributed by atoms with van der Waals surface area (Å²) in [5.74, 6) is 2.96. The maximum Gasteiger partial charge on any atom is 0.0550 e. The number of rotatable bonds is 8. The Bertz CT molecular complexity index is 106. The van der Waals surface area contributed by atoms with Crippen LogP contribution in [0.4, 0.5) is 0 Å². The van der Waals surface area contributed by atoms with Gasteiger partial charge in [-0.2, -0.15) is 11.8 Å². The largest absolute Gasteiger partial charge is 0.393 e. The molecule has 0 spiro atoms. The van der Waals surface area contributed by atoms with Crippen LogP contribution in [-0.4, -0.2) is 22.7 Å². The van der Waals surface area contributed by atoms with Gasteiger partial charge in [-0.15, -0.1) is 0 Å². The van der Waals surface area contributed by atoms with Gasteiger partial charge in [0.15, 0.2) is 0 Å². The van der Waals surface area contributed by atoms with Crippen LogP contribution in [0.25, 0.3) is 0 Å². The van der Waals surface area contributed by atoms with Gasteiger partial charge in [0.1, 0.15) is 0 Å². The predicted molar refractivity (Wildman–Crippen MR) is 62.3 cm³/mol. The Morgan fingerprint density at radius 1 is 1.23 bits per heavy atom. The SMILES string of the molecule is CCCC(C)CC(O)CCSCC. The molecule has 13 heavy (non-hydrogen) atoms. The van der Waals surface area contributed by atoms with Gasteiger partial charge in [-0.3, -0.25) is 0 Å². The first-order valence-electron chi connectivity index (χ1n) is 5.46. The number of aliphatic hydroxyl groups is 1. The molecule has 1 N–H and O–H groups in total. The lowest BCUT2D eigenvalue weighted by molar-refractivity contribution is 0.140. The lowest BCUT2D eigenvalue weighted by Crippen LogP contribution is -2.12. The summed E-state index contributed by atoms with van der Waals surface area (Å²) < 4.78 is 0. The second-order valence-corrected chi connectivity index (χ2v) is 5.16. The molecule has 0 aliphatic carbocycles. The third-order valence-electron chi connectivity index (χ3n) is 2.26. The molecule has 2 atom stereocenters. The molecule has 2 unspecified atom stereocenters. The molecule has 0 heterocycles. The summed E-state index contributed by atoms with van der Waals surface area (Å²) in [5, 5.41) is 9.66. The number of thioether (sulfide) groups is 1. The van der Waals surface area contributed by atoms with Crippen LogP contribution in [-0.2, 0) is 0 Å². The zero-order chi connectivity index (χ0) is 10.1. The van der Waals surface area contributed by atoms with Crippen LogP contribution in [0.5, 0.6) is 0 Å². The molecule has 0 aromatic carbocycles. The molecule has 0 saturated carbocycles. The topological polar surface area (TPSA) is 20.2 Å². The molecule has 1 nitrogen and oxygen atoms in total. The van der Waals surface area contributed by atoms with E-state index >= 15 is 0 Å². The van der Waals surface area contributed by atoms with Crippen LogP contribution in [0.1, 0.15) is 46.5 Å². The molecule has 0 amide bonds. The van der Waals surface area contributed by atoms with Crippen molar-refractivity contribution in [1.82, 2.24) is 0 Å². The minimum absolute atomic E-state index is 0.0689. The lowest BCUT2D eigenvalue weighted by atomic mass is 9.98. The molecule has 0 radical (unpaired) electrons. The van der Waals surface area contributed by atoms with E-state index < -0.39 is 0 Å². The summed E-state index contributed by atoms with van der Waals surface area (Å²) in [5.41, 5.74) is 0. The highest BCUT2D eigenvalue weighted by Crippen LogP contribution is 2.15. The van der Waals surface area contributed by atoms with E-state index in [2.05, 4.69) is 20.8 Å². The summed E-state index contributed by atoms with van der Waals surface area (Å²) in [6, 6.07) is 0. The summed E-state index contributed by atoms with van der Waals surface area (Å²) in [6.45, 7) is 6.60. The third kappa shape index (κ3) is 8.63. The maximum atomic E-state index is 9.66. The van der Waals surface area contributed by atoms with Crippen molar-refractivity contribution in [3.63, 3.8) is 0 Å². The van der Waals surface area contributed by atoms with Gasteiger partial charge in [-0.25, -0.2) is 0 Å². The Morgan fingerprint density at radius 3 is 2.46 bits per heavy atom. The predicted octanol–water partition coefficient (Wildman–Crippen LogP) is 3.32. The summed E-state index contributed by atoms with van der Waals surface area (Å²) in [6.07, 6.45) is 4.36. The molecule has 0 fully saturated rings. The van der Waals surface area contributed by atoms with Crippen molar-refractivity contribution in [1.29, 1.82) is 0 Å². The van der Waals surface area contributed by atoms with E-state index in [1.54, 1.807) is 0 Å². The van der Waals surface area contributed by atoms with Gasteiger partial charge in [0.25, 0.3) is 0 Å². The standard InChI is InChI=1S/C11H24OS/c1-4-6-10(3)9-11(12)7-8-13-5-2/h10-12H,4-9H2,1-3H3. The average Bonchev–Trinajstić information content (AvgIpc) is 2.05. The fraction of sp³-hybridized carbons (Fsp3) is 1.00. The number of aliphatic hydroxyl groups excluding tert-OH is 1. The van der Waals surface area contributed by atoms with Gasteiger partial charge >= 0.3 is 0 Å². The summed E-state index contributed by atoms with van der Waals surface area (Å²) in [4.78, 5) is 0. The van der Waals surface area contributed by atoms with Crippen LogP contribution in [0.15, 0.2) is 0 Å². The molecular formula is C11H24OS. The third-order valence-corrected chi connectivity index (χ3v) is 3.19. The Hall–Kier alpha value is 0.310. The highest BCUT2D eigenvalue weighted by Gasteiger charge is 2.08. The monoisotopic (exact) mass is 204 g/mol. The fourth-order valence-corrected chi connectivity index (χ4v) is 2.28. The quantitative estimate of drug-likeness (QED) is 0.612. The van der Waals surface area contributed by atoms with Gasteiger partial charge in [-0.1, -0.05) is 33.6 Å². The molecule has 0 saturated heterocycles. The van der Waals surface area contributed by atoms with E-state index in [1.807, 2.05) is 11.8 Å². The van der Waals surface area contributed by atoms with Crippen LogP contribution in [0.2, 0.25) is 0 Å². The van der Waals surface area contributed by atoms with Crippen LogP contribution >= 0.6 is 11.8 Å². The average molecular weight is 204 g/mol. The molecule has 0 rings (SSSR count). The summed E-state index contributed by atoms with van der Waals surface area (Å²) >= 11 is 1.92. The van der Waals surface area contributed by atoms with Gasteiger partial charge in [0, 0.05) is 0 Å². The Kier molecular flexibility index (Phi) is 9.10. The van der Waals surface area contributed by atoms with E-state index in [4.69, 9.17) is 0 Å². The molecule has 0 aliphatic heterocycles. The number of hydrogen-bond donors (Lipinski definition) is 1. The molecular weight excluding hydrogens is 180 g/mol. The van der Waals surface area contributed by atoms with Gasteiger partial charge in [-0.05, 0) is 30.3 Å². The van der Waals surface area contributed by atoms with E-state index in [-0.39, 0.29) is 6.10 Å². The molecule has 2 heteroatoms. The van der Waals surface area contributed by atoms with E-state index in [9.17, 15) is 5.11 Å². The van der Waals surface area contributed by atoms with Crippen molar-refractivity contribution in [3.8, 4) is 0 Å². The van der Waals surface area contributed by atoms with Crippen LogP contribution in [0.3, 0.4) is 0 Å². The van der Waals surface area contributed by atoms with Crippen LogP contribution < -0.4 is 0 Å². The zero-order valence-electron chi connectivity index (χ0n) is 9.25. The normalized spacial score (nSPS) is 15.7. The van der Waals surface area contributed by atoms with Crippen molar-refractivity contribution < 1.29 is 5.11 Å². The van der Waals surface area contributed by atoms with Gasteiger partial charge in [0.2, 0.25) is 0 Å². The molecule has 0 aromatic heterocycles. The molecule has 0 aliphatic rings. The maximum absolute atomic E-state index is 9.66. The molecule has 80 valence electrons. The number of hydrogen-bond acceptors (Lipinski definition) is 2. The van der Waals surface area contributed by atoms with E-state index in [0.29, 0.717) is 5.92 Å². The first-order chi connectivity index (χ1) is 6.20. The Morgan fingerprint density at radius 2 is 1.92 bits per heavy atom. The summed E-state index contributed by atoms with van der Waals surface area (Å²) in [7, 11) is 0. The fourth-order valence-electron chi connectivity index (χ4n) is 1.56. The van der Waals surface area contributed by atoms with Crippen molar-refractivity contribution in [2.45, 2.75) is 52.6 Å². The van der Waals surface area contributed by atoms with Crippen molar-refractivity contribution in [2.75, 3.05) is 11.5 Å². The Labute approximate surface area is 87.3 Å². The van der Waals surface area contributed by atoms with Crippen molar-refractivity contribution >= 4 is 11.8 Å². The van der Waals surface area contributed by atoms with Crippen LogP contribution in [0, 0.1) is 5.92 Å². The second-order valence-electron chi connectivity index (χ2n) is 3.77. The molecule has 0 aromatic rings. The smallest absolute Gasteiger partial charge is 0.0550 e. The second kappa shape index (κ2) is 8.89. The van der Waals surface area contributed by atoms with Crippen molar-refractivity contribution in [2.24, 2.45) is 5.92 Å². The van der Waals surface area contributed by atoms with E-state index in [0.717, 1.165) is 24.3 Å². The molecule has 0 bridgehead atoms. The minimum Gasteiger partial charge on any atom is -0.393 e. The van der Waals surface area contributed by atoms with Crippen molar-refractivity contribution in [3.05, 3.63) is 0 Å².